The Morgan fingerprint density at radius 1 is 1.17 bits per heavy atom. The van der Waals surface area contributed by atoms with Crippen LogP contribution in [-0.2, 0) is 19.6 Å². The number of halogens is 1. The summed E-state index contributed by atoms with van der Waals surface area (Å²) in [4.78, 5) is 24.2. The van der Waals surface area contributed by atoms with Gasteiger partial charge in [0.05, 0.1) is 10.7 Å². The van der Waals surface area contributed by atoms with Crippen molar-refractivity contribution >= 4 is 39.1 Å². The minimum atomic E-state index is -4.00. The Morgan fingerprint density at radius 2 is 1.93 bits per heavy atom. The van der Waals surface area contributed by atoms with Crippen molar-refractivity contribution in [2.24, 2.45) is 0 Å². The summed E-state index contributed by atoms with van der Waals surface area (Å²) < 4.78 is 33.2. The summed E-state index contributed by atoms with van der Waals surface area (Å²) in [5.41, 5.74) is 0.332. The Balaban J connectivity index is 1.57. The van der Waals surface area contributed by atoms with Crippen LogP contribution in [-0.4, -0.2) is 49.8 Å². The number of rotatable bonds is 4. The first-order valence-corrected chi connectivity index (χ1v) is 11.8. The maximum absolute atomic E-state index is 13.3. The maximum atomic E-state index is 13.3. The molecule has 1 saturated carbocycles. The van der Waals surface area contributed by atoms with Gasteiger partial charge in [0, 0.05) is 18.7 Å². The van der Waals surface area contributed by atoms with Crippen molar-refractivity contribution in [3.8, 4) is 5.75 Å². The van der Waals surface area contributed by atoms with Gasteiger partial charge in [-0.1, -0.05) is 30.9 Å². The lowest BCUT2D eigenvalue weighted by Crippen LogP contribution is -2.49. The average molecular weight is 442 g/mol. The number of benzene rings is 1. The number of carbonyl (C=O) groups is 2. The van der Waals surface area contributed by atoms with Gasteiger partial charge in [-0.15, -0.1) is 0 Å². The highest BCUT2D eigenvalue weighted by Crippen LogP contribution is 2.38. The van der Waals surface area contributed by atoms with Gasteiger partial charge in [-0.05, 0) is 31.7 Å². The Kier molecular flexibility index (Phi) is 5.72. The topological polar surface area (TPSA) is 105 Å². The molecule has 0 bridgehead atoms. The molecule has 2 heterocycles. The van der Waals surface area contributed by atoms with Crippen LogP contribution in [0.4, 0.5) is 5.69 Å². The van der Waals surface area contributed by atoms with Crippen molar-refractivity contribution in [2.45, 2.75) is 61.9 Å². The molecule has 2 amide bonds. The van der Waals surface area contributed by atoms with Crippen LogP contribution in [0.2, 0.25) is 5.02 Å². The third kappa shape index (κ3) is 4.08. The number of nitrogens with one attached hydrogen (secondary N) is 2. The number of ether oxygens (including phenoxy) is 1. The summed E-state index contributed by atoms with van der Waals surface area (Å²) in [6.45, 7) is 0.0698. The van der Waals surface area contributed by atoms with Gasteiger partial charge < -0.3 is 15.4 Å². The Hall–Kier alpha value is -1.84. The largest absolute Gasteiger partial charge is 0.482 e. The first-order chi connectivity index (χ1) is 13.9. The monoisotopic (exact) mass is 441 g/mol. The summed E-state index contributed by atoms with van der Waals surface area (Å²) >= 11 is 6.24. The second kappa shape index (κ2) is 8.12. The molecule has 2 fully saturated rings. The van der Waals surface area contributed by atoms with Crippen molar-refractivity contribution in [1.29, 1.82) is 0 Å². The van der Waals surface area contributed by atoms with Crippen LogP contribution in [0.5, 0.6) is 5.75 Å². The van der Waals surface area contributed by atoms with Crippen LogP contribution >= 0.6 is 11.6 Å². The zero-order valence-corrected chi connectivity index (χ0v) is 17.5. The molecule has 1 aromatic rings. The van der Waals surface area contributed by atoms with Gasteiger partial charge in [0.1, 0.15) is 16.7 Å². The Bertz CT molecular complexity index is 930. The molecule has 1 atom stereocenters. The number of carbonyl (C=O) groups excluding carboxylic acids is 2. The highest BCUT2D eigenvalue weighted by molar-refractivity contribution is 7.89. The highest BCUT2D eigenvalue weighted by atomic mass is 35.5. The summed E-state index contributed by atoms with van der Waals surface area (Å²) in [6, 6.07) is 2.06. The van der Waals surface area contributed by atoms with E-state index in [4.69, 9.17) is 16.3 Å². The standard InChI is InChI=1S/C19H24ClN3O5S/c20-13-9-14-16(28-11-18(24)22-14)10-17(13)29(26,27)23-8-4-7-15(23)19(25)21-12-5-2-1-3-6-12/h9-10,12,15H,1-8,11H2,(H,21,25)(H,22,24)/t15-/m0/s1. The number of sulfonamides is 1. The molecule has 158 valence electrons. The number of amides is 2. The van der Waals surface area contributed by atoms with E-state index in [1.807, 2.05) is 0 Å². The van der Waals surface area contributed by atoms with Crippen molar-refractivity contribution < 1.29 is 22.7 Å². The fourth-order valence-electron chi connectivity index (χ4n) is 4.24. The molecule has 10 heteroatoms. The summed E-state index contributed by atoms with van der Waals surface area (Å²) in [7, 11) is -4.00. The summed E-state index contributed by atoms with van der Waals surface area (Å²) in [5.74, 6) is -0.325. The molecule has 4 rings (SSSR count). The maximum Gasteiger partial charge on any atom is 0.262 e. The molecule has 0 radical (unpaired) electrons. The quantitative estimate of drug-likeness (QED) is 0.745. The normalized spacial score (nSPS) is 23.2. The van der Waals surface area contributed by atoms with Gasteiger partial charge >= 0.3 is 0 Å². The molecular formula is C19H24ClN3O5S. The fourth-order valence-corrected chi connectivity index (χ4v) is 6.42. The first kappa shape index (κ1) is 20.4. The van der Waals surface area contributed by atoms with Gasteiger partial charge in [0.2, 0.25) is 15.9 Å². The third-order valence-corrected chi connectivity index (χ3v) is 8.08. The second-order valence-electron chi connectivity index (χ2n) is 7.73. The number of anilines is 1. The van der Waals surface area contributed by atoms with Gasteiger partial charge in [0.15, 0.2) is 6.61 Å². The van der Waals surface area contributed by atoms with Gasteiger partial charge in [-0.25, -0.2) is 8.42 Å². The van der Waals surface area contributed by atoms with E-state index in [9.17, 15) is 18.0 Å². The number of hydrogen-bond acceptors (Lipinski definition) is 5. The van der Waals surface area contributed by atoms with E-state index in [0.717, 1.165) is 25.7 Å². The molecule has 3 aliphatic rings. The Morgan fingerprint density at radius 3 is 2.69 bits per heavy atom. The van der Waals surface area contributed by atoms with E-state index >= 15 is 0 Å². The number of fused-ring (bicyclic) bond motifs is 1. The molecule has 0 unspecified atom stereocenters. The van der Waals surface area contributed by atoms with Crippen molar-refractivity contribution in [2.75, 3.05) is 18.5 Å². The van der Waals surface area contributed by atoms with Gasteiger partial charge in [-0.2, -0.15) is 4.31 Å². The van der Waals surface area contributed by atoms with E-state index < -0.39 is 16.1 Å². The lowest BCUT2D eigenvalue weighted by molar-refractivity contribution is -0.125. The molecule has 1 aliphatic carbocycles. The lowest BCUT2D eigenvalue weighted by atomic mass is 9.95. The fraction of sp³-hybridized carbons (Fsp3) is 0.579. The number of hydrogen-bond donors (Lipinski definition) is 2. The van der Waals surface area contributed by atoms with Crippen LogP contribution < -0.4 is 15.4 Å². The van der Waals surface area contributed by atoms with Crippen molar-refractivity contribution in [3.05, 3.63) is 17.2 Å². The second-order valence-corrected chi connectivity index (χ2v) is 10.00. The third-order valence-electron chi connectivity index (χ3n) is 5.71. The minimum Gasteiger partial charge on any atom is -0.482 e. The van der Waals surface area contributed by atoms with E-state index in [1.54, 1.807) is 0 Å². The van der Waals surface area contributed by atoms with E-state index in [0.29, 0.717) is 18.5 Å². The molecule has 0 spiro atoms. The highest BCUT2D eigenvalue weighted by Gasteiger charge is 2.41. The SMILES string of the molecule is O=C1COc2cc(S(=O)(=O)N3CCC[C@H]3C(=O)NC3CCCCC3)c(Cl)cc2N1. The van der Waals surface area contributed by atoms with Crippen LogP contribution in [0.3, 0.4) is 0 Å². The molecule has 0 aromatic heterocycles. The molecule has 1 aromatic carbocycles. The molecule has 29 heavy (non-hydrogen) atoms. The lowest BCUT2D eigenvalue weighted by Gasteiger charge is -2.28. The molecular weight excluding hydrogens is 418 g/mol. The average Bonchev–Trinajstić information content (AvgIpc) is 3.19. The van der Waals surface area contributed by atoms with Crippen LogP contribution in [0.25, 0.3) is 0 Å². The van der Waals surface area contributed by atoms with Crippen molar-refractivity contribution in [3.63, 3.8) is 0 Å². The predicted octanol–water partition coefficient (Wildman–Crippen LogP) is 2.27. The van der Waals surface area contributed by atoms with Crippen LogP contribution in [0, 0.1) is 0 Å². The molecule has 1 saturated heterocycles. The summed E-state index contributed by atoms with van der Waals surface area (Å²) in [6.07, 6.45) is 6.30. The van der Waals surface area contributed by atoms with Gasteiger partial charge in [0.25, 0.3) is 5.91 Å². The van der Waals surface area contributed by atoms with Crippen molar-refractivity contribution in [1.82, 2.24) is 9.62 Å². The smallest absolute Gasteiger partial charge is 0.262 e. The molecule has 8 nitrogen and oxygen atoms in total. The van der Waals surface area contributed by atoms with Gasteiger partial charge in [-0.3, -0.25) is 9.59 Å². The summed E-state index contributed by atoms with van der Waals surface area (Å²) in [5, 5.41) is 5.61. The minimum absolute atomic E-state index is 0.0205. The molecule has 2 N–H and O–H groups in total. The zero-order valence-electron chi connectivity index (χ0n) is 15.9. The first-order valence-electron chi connectivity index (χ1n) is 9.94. The van der Waals surface area contributed by atoms with Crippen LogP contribution in [0.15, 0.2) is 17.0 Å². The van der Waals surface area contributed by atoms with E-state index in [2.05, 4.69) is 10.6 Å². The van der Waals surface area contributed by atoms with E-state index in [-0.39, 0.29) is 46.7 Å². The zero-order chi connectivity index (χ0) is 20.6. The molecule has 2 aliphatic heterocycles. The van der Waals surface area contributed by atoms with Crippen LogP contribution in [0.1, 0.15) is 44.9 Å². The Labute approximate surface area is 175 Å². The predicted molar refractivity (Wildman–Crippen MR) is 108 cm³/mol. The number of nitrogens with zero attached hydrogens (tertiary/aromatic N) is 1. The van der Waals surface area contributed by atoms with E-state index in [1.165, 1.54) is 22.9 Å².